The van der Waals surface area contributed by atoms with Gasteiger partial charge in [-0.15, -0.1) is 0 Å². The highest BCUT2D eigenvalue weighted by Crippen LogP contribution is 2.24. The van der Waals surface area contributed by atoms with Crippen LogP contribution >= 0.6 is 11.6 Å². The van der Waals surface area contributed by atoms with Gasteiger partial charge < -0.3 is 10.4 Å². The van der Waals surface area contributed by atoms with E-state index in [4.69, 9.17) is 11.6 Å². The number of rotatable bonds is 5. The third-order valence-electron chi connectivity index (χ3n) is 3.56. The van der Waals surface area contributed by atoms with E-state index in [0.29, 0.717) is 18.1 Å². The van der Waals surface area contributed by atoms with Gasteiger partial charge >= 0.3 is 0 Å². The summed E-state index contributed by atoms with van der Waals surface area (Å²) < 4.78 is 1.68. The van der Waals surface area contributed by atoms with Crippen LogP contribution in [0.3, 0.4) is 0 Å². The fourth-order valence-corrected chi connectivity index (χ4v) is 2.63. The maximum absolute atomic E-state index is 10.1. The molecule has 0 aliphatic carbocycles. The van der Waals surface area contributed by atoms with E-state index in [2.05, 4.69) is 15.4 Å². The van der Waals surface area contributed by atoms with Crippen LogP contribution in [0.2, 0.25) is 5.02 Å². The zero-order valence-corrected chi connectivity index (χ0v) is 13.0. The number of nitrogens with zero attached hydrogens (tertiary/aromatic N) is 3. The largest absolute Gasteiger partial charge is 0.387 e. The fourth-order valence-electron chi connectivity index (χ4n) is 2.41. The summed E-state index contributed by atoms with van der Waals surface area (Å²) in [4.78, 5) is 4.40. The summed E-state index contributed by atoms with van der Waals surface area (Å²) in [6.45, 7) is 1.06. The van der Waals surface area contributed by atoms with Crippen LogP contribution in [0.25, 0.3) is 10.9 Å². The van der Waals surface area contributed by atoms with Crippen molar-refractivity contribution >= 4 is 22.5 Å². The molecule has 3 aromatic rings. The van der Waals surface area contributed by atoms with Gasteiger partial charge in [0.2, 0.25) is 0 Å². The van der Waals surface area contributed by atoms with Crippen LogP contribution in [0.4, 0.5) is 0 Å². The maximum Gasteiger partial charge on any atom is 0.0944 e. The van der Waals surface area contributed by atoms with Crippen LogP contribution in [-0.4, -0.2) is 26.4 Å². The molecular weight excluding hydrogens is 300 g/mol. The van der Waals surface area contributed by atoms with Crippen molar-refractivity contribution in [2.45, 2.75) is 12.6 Å². The number of nitrogens with one attached hydrogen (secondary N) is 1. The first kappa shape index (κ1) is 15.0. The molecule has 0 fully saturated rings. The molecule has 22 heavy (non-hydrogen) atoms. The molecule has 3 rings (SSSR count). The van der Waals surface area contributed by atoms with Crippen LogP contribution < -0.4 is 5.32 Å². The first-order chi connectivity index (χ1) is 10.6. The van der Waals surface area contributed by atoms with E-state index in [1.54, 1.807) is 17.1 Å². The third kappa shape index (κ3) is 3.11. The average molecular weight is 317 g/mol. The maximum atomic E-state index is 10.1. The molecule has 0 radical (unpaired) electrons. The van der Waals surface area contributed by atoms with Gasteiger partial charge in [-0.25, -0.2) is 0 Å². The molecule has 2 N–H and O–H groups in total. The third-order valence-corrected chi connectivity index (χ3v) is 3.89. The SMILES string of the molecule is Cn1cc([C@@H](O)CNCc2ccc(Cl)c3cccnc23)cn1. The number of aryl methyl sites for hydroxylation is 1. The molecule has 0 spiro atoms. The van der Waals surface area contributed by atoms with Crippen molar-refractivity contribution < 1.29 is 5.11 Å². The molecule has 1 aromatic carbocycles. The number of pyridine rings is 1. The van der Waals surface area contributed by atoms with Crippen molar-refractivity contribution in [3.05, 3.63) is 59.0 Å². The predicted molar refractivity (Wildman–Crippen MR) is 86.6 cm³/mol. The van der Waals surface area contributed by atoms with E-state index in [0.717, 1.165) is 22.0 Å². The Morgan fingerprint density at radius 3 is 3.00 bits per heavy atom. The first-order valence-corrected chi connectivity index (χ1v) is 7.42. The number of fused-ring (bicyclic) bond motifs is 1. The Labute approximate surface area is 133 Å². The molecule has 2 heterocycles. The first-order valence-electron chi connectivity index (χ1n) is 7.04. The lowest BCUT2D eigenvalue weighted by molar-refractivity contribution is 0.174. The molecule has 114 valence electrons. The van der Waals surface area contributed by atoms with E-state index in [1.165, 1.54) is 0 Å². The molecule has 0 unspecified atom stereocenters. The van der Waals surface area contributed by atoms with Crippen LogP contribution in [0.15, 0.2) is 42.9 Å². The van der Waals surface area contributed by atoms with Crippen molar-refractivity contribution in [2.24, 2.45) is 7.05 Å². The molecule has 0 saturated carbocycles. The zero-order valence-electron chi connectivity index (χ0n) is 12.2. The van der Waals surface area contributed by atoms with E-state index >= 15 is 0 Å². The normalized spacial score (nSPS) is 12.7. The molecule has 1 atom stereocenters. The minimum absolute atomic E-state index is 0.447. The van der Waals surface area contributed by atoms with Crippen LogP contribution in [0, 0.1) is 0 Å². The summed E-state index contributed by atoms with van der Waals surface area (Å²) in [5.41, 5.74) is 2.74. The molecular formula is C16H17ClN4O. The number of halogens is 1. The predicted octanol–water partition coefficient (Wildman–Crippen LogP) is 2.44. The van der Waals surface area contributed by atoms with Gasteiger partial charge in [0.05, 0.1) is 17.8 Å². The molecule has 0 amide bonds. The number of aliphatic hydroxyl groups is 1. The van der Waals surface area contributed by atoms with Gasteiger partial charge in [-0.05, 0) is 23.8 Å². The molecule has 5 nitrogen and oxygen atoms in total. The van der Waals surface area contributed by atoms with Gasteiger partial charge in [-0.3, -0.25) is 9.67 Å². The summed E-state index contributed by atoms with van der Waals surface area (Å²) in [6.07, 6.45) is 4.66. The Hall–Kier alpha value is -1.95. The molecule has 2 aromatic heterocycles. The van der Waals surface area contributed by atoms with Gasteiger partial charge in [-0.2, -0.15) is 5.10 Å². The Bertz CT molecular complexity index is 787. The summed E-state index contributed by atoms with van der Waals surface area (Å²) in [7, 11) is 1.83. The molecule has 0 aliphatic rings. The average Bonchev–Trinajstić information content (AvgIpc) is 2.96. The number of benzene rings is 1. The van der Waals surface area contributed by atoms with Crippen molar-refractivity contribution in [1.29, 1.82) is 0 Å². The smallest absolute Gasteiger partial charge is 0.0944 e. The Morgan fingerprint density at radius 1 is 1.36 bits per heavy atom. The van der Waals surface area contributed by atoms with Crippen LogP contribution in [0.1, 0.15) is 17.2 Å². The van der Waals surface area contributed by atoms with Crippen molar-refractivity contribution in [3.63, 3.8) is 0 Å². The van der Waals surface area contributed by atoms with Crippen molar-refractivity contribution in [1.82, 2.24) is 20.1 Å². The van der Waals surface area contributed by atoms with Gasteiger partial charge in [0.15, 0.2) is 0 Å². The van der Waals surface area contributed by atoms with Crippen molar-refractivity contribution in [2.75, 3.05) is 6.54 Å². The van der Waals surface area contributed by atoms with E-state index in [1.807, 2.05) is 37.5 Å². The van der Waals surface area contributed by atoms with Gasteiger partial charge in [0, 0.05) is 48.5 Å². The van der Waals surface area contributed by atoms with Gasteiger partial charge in [0.1, 0.15) is 0 Å². The summed E-state index contributed by atoms with van der Waals surface area (Å²) in [5, 5.41) is 19.1. The number of hydrogen-bond donors (Lipinski definition) is 2. The van der Waals surface area contributed by atoms with E-state index in [9.17, 15) is 5.11 Å². The van der Waals surface area contributed by atoms with Crippen LogP contribution in [-0.2, 0) is 13.6 Å². The Kier molecular flexibility index (Phi) is 4.38. The van der Waals surface area contributed by atoms with Gasteiger partial charge in [-0.1, -0.05) is 17.7 Å². The standard InChI is InChI=1S/C16H17ClN4O/c1-21-10-12(8-20-21)15(22)9-18-7-11-4-5-14(17)13-3-2-6-19-16(11)13/h2-6,8,10,15,18,22H,7,9H2,1H3/t15-/m0/s1. The highest BCUT2D eigenvalue weighted by Gasteiger charge is 2.10. The number of aliphatic hydroxyl groups excluding tert-OH is 1. The fraction of sp³-hybridized carbons (Fsp3) is 0.250. The van der Waals surface area contributed by atoms with Crippen LogP contribution in [0.5, 0.6) is 0 Å². The highest BCUT2D eigenvalue weighted by molar-refractivity contribution is 6.35. The highest BCUT2D eigenvalue weighted by atomic mass is 35.5. The summed E-state index contributed by atoms with van der Waals surface area (Å²) in [6, 6.07) is 7.66. The summed E-state index contributed by atoms with van der Waals surface area (Å²) >= 11 is 6.19. The van der Waals surface area contributed by atoms with Gasteiger partial charge in [0.25, 0.3) is 0 Å². The number of aromatic nitrogens is 3. The minimum Gasteiger partial charge on any atom is -0.387 e. The second kappa shape index (κ2) is 6.44. The van der Waals surface area contributed by atoms with E-state index in [-0.39, 0.29) is 0 Å². The molecule has 0 aliphatic heterocycles. The lowest BCUT2D eigenvalue weighted by Gasteiger charge is -2.11. The molecule has 0 saturated heterocycles. The lowest BCUT2D eigenvalue weighted by Crippen LogP contribution is -2.21. The quantitative estimate of drug-likeness (QED) is 0.759. The second-order valence-electron chi connectivity index (χ2n) is 5.20. The summed E-state index contributed by atoms with van der Waals surface area (Å²) in [5.74, 6) is 0. The minimum atomic E-state index is -0.583. The monoisotopic (exact) mass is 316 g/mol. The van der Waals surface area contributed by atoms with E-state index < -0.39 is 6.10 Å². The Morgan fingerprint density at radius 2 is 2.23 bits per heavy atom. The van der Waals surface area contributed by atoms with Crippen molar-refractivity contribution in [3.8, 4) is 0 Å². The lowest BCUT2D eigenvalue weighted by atomic mass is 10.1. The zero-order chi connectivity index (χ0) is 15.5. The Balaban J connectivity index is 1.68. The molecule has 0 bridgehead atoms. The molecule has 6 heteroatoms. The topological polar surface area (TPSA) is 63.0 Å². The second-order valence-corrected chi connectivity index (χ2v) is 5.61. The number of hydrogen-bond acceptors (Lipinski definition) is 4.